The first kappa shape index (κ1) is 17.8. The highest BCUT2D eigenvalue weighted by atomic mass is 16.6. The summed E-state index contributed by atoms with van der Waals surface area (Å²) in [7, 11) is 0. The number of carbonyl (C=O) groups is 2. The van der Waals surface area contributed by atoms with Gasteiger partial charge in [0.05, 0.1) is 10.6 Å². The van der Waals surface area contributed by atoms with Crippen molar-refractivity contribution in [3.8, 4) is 5.69 Å². The highest BCUT2D eigenvalue weighted by Gasteiger charge is 2.15. The molecular formula is C18H15N5O4. The maximum atomic E-state index is 11.4. The van der Waals surface area contributed by atoms with E-state index in [1.165, 1.54) is 25.1 Å². The Hall–Kier alpha value is -4.01. The number of anilines is 3. The molecule has 27 heavy (non-hydrogen) atoms. The summed E-state index contributed by atoms with van der Waals surface area (Å²) in [5.41, 5.74) is 1.86. The number of hydrogen-bond acceptors (Lipinski definition) is 6. The fraction of sp³-hybridized carbons (Fsp3) is 0.0556. The van der Waals surface area contributed by atoms with Crippen LogP contribution in [0.2, 0.25) is 0 Å². The number of nitrogens with zero attached hydrogens (tertiary/aromatic N) is 3. The molecule has 3 rings (SSSR count). The first-order chi connectivity index (χ1) is 13.0. The average Bonchev–Trinajstić information content (AvgIpc) is 3.16. The van der Waals surface area contributed by atoms with E-state index in [4.69, 9.17) is 0 Å². The third kappa shape index (κ3) is 4.15. The van der Waals surface area contributed by atoms with Gasteiger partial charge in [-0.2, -0.15) is 5.10 Å². The van der Waals surface area contributed by atoms with Crippen LogP contribution in [0.4, 0.5) is 22.7 Å². The molecule has 0 fully saturated rings. The van der Waals surface area contributed by atoms with Gasteiger partial charge in [0.25, 0.3) is 5.69 Å². The summed E-state index contributed by atoms with van der Waals surface area (Å²) in [6.45, 7) is 1.39. The number of carbonyl (C=O) groups excluding carboxylic acids is 2. The van der Waals surface area contributed by atoms with Crippen molar-refractivity contribution in [2.24, 2.45) is 0 Å². The molecule has 0 unspecified atom stereocenters. The molecule has 3 aromatic rings. The Balaban J connectivity index is 2.04. The fourth-order valence-corrected chi connectivity index (χ4v) is 2.55. The Labute approximate surface area is 153 Å². The summed E-state index contributed by atoms with van der Waals surface area (Å²) in [5.74, 6) is -0.250. The zero-order valence-corrected chi connectivity index (χ0v) is 14.2. The SMILES string of the molecule is CC(=O)Nc1cc(Nc2ccc(C=O)cc2[N+](=O)[O-])cc(-n2cccn2)c1. The minimum Gasteiger partial charge on any atom is -0.350 e. The highest BCUT2D eigenvalue weighted by Crippen LogP contribution is 2.30. The molecule has 1 aromatic heterocycles. The number of nitro benzene ring substituents is 1. The zero-order valence-electron chi connectivity index (χ0n) is 14.2. The predicted molar refractivity (Wildman–Crippen MR) is 99.6 cm³/mol. The zero-order chi connectivity index (χ0) is 19.4. The highest BCUT2D eigenvalue weighted by molar-refractivity contribution is 5.90. The van der Waals surface area contributed by atoms with Gasteiger partial charge in [-0.15, -0.1) is 0 Å². The smallest absolute Gasteiger partial charge is 0.293 e. The number of nitro groups is 1. The lowest BCUT2D eigenvalue weighted by Crippen LogP contribution is -2.07. The molecule has 0 aliphatic carbocycles. The standard InChI is InChI=1S/C18H15N5O4/c1-12(25)20-14-8-15(10-16(9-14)22-6-2-5-19-22)21-17-4-3-13(11-24)7-18(17)23(26)27/h2-11,21H,1H3,(H,20,25). The molecule has 0 aliphatic heterocycles. The van der Waals surface area contributed by atoms with Crippen molar-refractivity contribution in [2.75, 3.05) is 10.6 Å². The lowest BCUT2D eigenvalue weighted by molar-refractivity contribution is -0.383. The normalized spacial score (nSPS) is 10.3. The minimum absolute atomic E-state index is 0.205. The van der Waals surface area contributed by atoms with E-state index in [0.29, 0.717) is 23.3 Å². The van der Waals surface area contributed by atoms with Gasteiger partial charge in [-0.3, -0.25) is 19.7 Å². The molecule has 2 N–H and O–H groups in total. The number of rotatable bonds is 6. The number of hydrogen-bond donors (Lipinski definition) is 2. The summed E-state index contributed by atoms with van der Waals surface area (Å²) in [6.07, 6.45) is 3.89. The molecule has 1 heterocycles. The third-order valence-corrected chi connectivity index (χ3v) is 3.64. The molecule has 9 nitrogen and oxygen atoms in total. The van der Waals surface area contributed by atoms with Crippen LogP contribution in [0.25, 0.3) is 5.69 Å². The Morgan fingerprint density at radius 3 is 2.63 bits per heavy atom. The van der Waals surface area contributed by atoms with Crippen LogP contribution >= 0.6 is 0 Å². The van der Waals surface area contributed by atoms with Gasteiger partial charge in [-0.25, -0.2) is 4.68 Å². The maximum Gasteiger partial charge on any atom is 0.293 e. The van der Waals surface area contributed by atoms with Crippen LogP contribution in [0.5, 0.6) is 0 Å². The van der Waals surface area contributed by atoms with Crippen molar-refractivity contribution in [1.82, 2.24) is 9.78 Å². The van der Waals surface area contributed by atoms with Crippen LogP contribution in [-0.2, 0) is 4.79 Å². The molecule has 0 saturated carbocycles. The molecule has 1 amide bonds. The minimum atomic E-state index is -0.568. The van der Waals surface area contributed by atoms with E-state index in [0.717, 1.165) is 0 Å². The molecule has 0 aliphatic rings. The van der Waals surface area contributed by atoms with Gasteiger partial charge >= 0.3 is 0 Å². The van der Waals surface area contributed by atoms with E-state index in [1.54, 1.807) is 41.3 Å². The second-order valence-electron chi connectivity index (χ2n) is 5.68. The van der Waals surface area contributed by atoms with Gasteiger partial charge in [-0.1, -0.05) is 0 Å². The molecule has 2 aromatic carbocycles. The number of aldehydes is 1. The molecule has 0 saturated heterocycles. The number of benzene rings is 2. The summed E-state index contributed by atoms with van der Waals surface area (Å²) in [5, 5.41) is 21.1. The quantitative estimate of drug-likeness (QED) is 0.393. The third-order valence-electron chi connectivity index (χ3n) is 3.64. The molecule has 0 atom stereocenters. The average molecular weight is 365 g/mol. The van der Waals surface area contributed by atoms with Crippen molar-refractivity contribution >= 4 is 34.9 Å². The fourth-order valence-electron chi connectivity index (χ4n) is 2.55. The van der Waals surface area contributed by atoms with Gasteiger partial charge in [-0.05, 0) is 36.4 Å². The number of nitrogens with one attached hydrogen (secondary N) is 2. The first-order valence-corrected chi connectivity index (χ1v) is 7.89. The Kier molecular flexibility index (Phi) is 4.93. The van der Waals surface area contributed by atoms with Crippen LogP contribution in [-0.4, -0.2) is 26.9 Å². The van der Waals surface area contributed by atoms with Crippen molar-refractivity contribution in [2.45, 2.75) is 6.92 Å². The van der Waals surface area contributed by atoms with Crippen molar-refractivity contribution in [3.63, 3.8) is 0 Å². The summed E-state index contributed by atoms with van der Waals surface area (Å²) >= 11 is 0. The lowest BCUT2D eigenvalue weighted by atomic mass is 10.1. The van der Waals surface area contributed by atoms with Crippen LogP contribution in [0.15, 0.2) is 54.9 Å². The second kappa shape index (κ2) is 7.48. The largest absolute Gasteiger partial charge is 0.350 e. The molecule has 0 spiro atoms. The Bertz CT molecular complexity index is 1010. The van der Waals surface area contributed by atoms with E-state index in [1.807, 2.05) is 0 Å². The van der Waals surface area contributed by atoms with E-state index in [9.17, 15) is 19.7 Å². The van der Waals surface area contributed by atoms with E-state index in [2.05, 4.69) is 15.7 Å². The van der Waals surface area contributed by atoms with Crippen LogP contribution in [0.3, 0.4) is 0 Å². The first-order valence-electron chi connectivity index (χ1n) is 7.89. The monoisotopic (exact) mass is 365 g/mol. The van der Waals surface area contributed by atoms with Gasteiger partial charge in [0, 0.05) is 42.3 Å². The predicted octanol–water partition coefficient (Wildman–Crippen LogP) is 3.30. The molecular weight excluding hydrogens is 350 g/mol. The van der Waals surface area contributed by atoms with Gasteiger partial charge in [0.2, 0.25) is 5.91 Å². The van der Waals surface area contributed by atoms with Crippen LogP contribution < -0.4 is 10.6 Å². The summed E-state index contributed by atoms with van der Waals surface area (Å²) in [6, 6.07) is 11.0. The van der Waals surface area contributed by atoms with Crippen LogP contribution in [0, 0.1) is 10.1 Å². The van der Waals surface area contributed by atoms with Crippen molar-refractivity contribution in [3.05, 3.63) is 70.5 Å². The van der Waals surface area contributed by atoms with Gasteiger partial charge in [0.1, 0.15) is 12.0 Å². The maximum absolute atomic E-state index is 11.4. The molecule has 136 valence electrons. The van der Waals surface area contributed by atoms with Gasteiger partial charge < -0.3 is 10.6 Å². The second-order valence-corrected chi connectivity index (χ2v) is 5.68. The van der Waals surface area contributed by atoms with E-state index in [-0.39, 0.29) is 22.8 Å². The van der Waals surface area contributed by atoms with Crippen molar-refractivity contribution < 1.29 is 14.5 Å². The topological polar surface area (TPSA) is 119 Å². The number of aromatic nitrogens is 2. The molecule has 9 heteroatoms. The molecule has 0 bridgehead atoms. The lowest BCUT2D eigenvalue weighted by Gasteiger charge is -2.12. The Morgan fingerprint density at radius 2 is 2.00 bits per heavy atom. The summed E-state index contributed by atoms with van der Waals surface area (Å²) < 4.78 is 1.60. The van der Waals surface area contributed by atoms with Crippen LogP contribution in [0.1, 0.15) is 17.3 Å². The Morgan fingerprint density at radius 1 is 1.22 bits per heavy atom. The van der Waals surface area contributed by atoms with Gasteiger partial charge in [0.15, 0.2) is 0 Å². The van der Waals surface area contributed by atoms with Crippen molar-refractivity contribution in [1.29, 1.82) is 0 Å². The van der Waals surface area contributed by atoms with E-state index < -0.39 is 4.92 Å². The molecule has 0 radical (unpaired) electrons. The number of amides is 1. The summed E-state index contributed by atoms with van der Waals surface area (Å²) in [4.78, 5) is 33.1. The van der Waals surface area contributed by atoms with E-state index >= 15 is 0 Å².